The monoisotopic (exact) mass is 399 g/mol. The van der Waals surface area contributed by atoms with Crippen LogP contribution in [0, 0.1) is 0 Å². The van der Waals surface area contributed by atoms with Crippen molar-refractivity contribution < 1.29 is 9.26 Å². The van der Waals surface area contributed by atoms with Crippen LogP contribution in [0.4, 0.5) is 0 Å². The first-order valence-electron chi connectivity index (χ1n) is 9.76. The SMILES string of the molecule is Cn1c(=O)c2c(Oc3ccccc3)cccc2n2cnc(-c3noc(C4CC4)n3)c12. The summed E-state index contributed by atoms with van der Waals surface area (Å²) < 4.78 is 14.8. The van der Waals surface area contributed by atoms with Gasteiger partial charge in [-0.05, 0) is 37.1 Å². The smallest absolute Gasteiger partial charge is 0.265 e. The largest absolute Gasteiger partial charge is 0.456 e. The Morgan fingerprint density at radius 2 is 1.93 bits per heavy atom. The van der Waals surface area contributed by atoms with Crippen molar-refractivity contribution in [2.24, 2.45) is 7.05 Å². The molecule has 5 aromatic rings. The summed E-state index contributed by atoms with van der Waals surface area (Å²) in [7, 11) is 1.71. The fourth-order valence-electron chi connectivity index (χ4n) is 3.72. The number of para-hydroxylation sites is 1. The minimum atomic E-state index is -0.184. The number of ether oxygens (including phenoxy) is 1. The van der Waals surface area contributed by atoms with Crippen LogP contribution in [0.3, 0.4) is 0 Å². The second kappa shape index (κ2) is 6.28. The van der Waals surface area contributed by atoms with Crippen LogP contribution in [0.5, 0.6) is 11.5 Å². The van der Waals surface area contributed by atoms with E-state index in [2.05, 4.69) is 15.1 Å². The highest BCUT2D eigenvalue weighted by atomic mass is 16.5. The molecule has 1 aliphatic rings. The molecule has 0 saturated heterocycles. The molecule has 0 atom stereocenters. The molecule has 3 aromatic heterocycles. The van der Waals surface area contributed by atoms with Gasteiger partial charge in [-0.2, -0.15) is 4.98 Å². The second-order valence-electron chi connectivity index (χ2n) is 7.45. The third kappa shape index (κ3) is 2.53. The van der Waals surface area contributed by atoms with Gasteiger partial charge >= 0.3 is 0 Å². The third-order valence-corrected chi connectivity index (χ3v) is 5.39. The van der Waals surface area contributed by atoms with E-state index in [1.807, 2.05) is 46.9 Å². The maximum absolute atomic E-state index is 13.3. The number of benzene rings is 2. The lowest BCUT2D eigenvalue weighted by Crippen LogP contribution is -2.20. The van der Waals surface area contributed by atoms with Gasteiger partial charge in [-0.1, -0.05) is 29.4 Å². The van der Waals surface area contributed by atoms with Crippen molar-refractivity contribution in [1.82, 2.24) is 24.1 Å². The number of rotatable bonds is 4. The Balaban J connectivity index is 1.57. The number of hydrogen-bond acceptors (Lipinski definition) is 6. The van der Waals surface area contributed by atoms with E-state index in [1.54, 1.807) is 24.0 Å². The number of aryl methyl sites for hydroxylation is 1. The predicted octanol–water partition coefficient (Wildman–Crippen LogP) is 3.91. The molecule has 0 bridgehead atoms. The van der Waals surface area contributed by atoms with Gasteiger partial charge in [0.15, 0.2) is 11.3 Å². The third-order valence-electron chi connectivity index (χ3n) is 5.39. The molecule has 30 heavy (non-hydrogen) atoms. The molecule has 6 rings (SSSR count). The molecule has 1 aliphatic carbocycles. The minimum Gasteiger partial charge on any atom is -0.456 e. The van der Waals surface area contributed by atoms with Gasteiger partial charge in [0.05, 0.1) is 5.52 Å². The quantitative estimate of drug-likeness (QED) is 0.455. The van der Waals surface area contributed by atoms with Crippen molar-refractivity contribution in [3.05, 3.63) is 71.1 Å². The molecular formula is C22H17N5O3. The Kier molecular flexibility index (Phi) is 3.55. The van der Waals surface area contributed by atoms with Crippen LogP contribution in [-0.4, -0.2) is 24.1 Å². The first-order chi connectivity index (χ1) is 14.7. The molecule has 1 fully saturated rings. The second-order valence-corrected chi connectivity index (χ2v) is 7.45. The average Bonchev–Trinajstić information content (AvgIpc) is 3.33. The van der Waals surface area contributed by atoms with Gasteiger partial charge < -0.3 is 9.26 Å². The molecular weight excluding hydrogens is 382 g/mol. The van der Waals surface area contributed by atoms with E-state index in [0.29, 0.717) is 51.4 Å². The highest BCUT2D eigenvalue weighted by Crippen LogP contribution is 2.39. The molecule has 2 aromatic carbocycles. The number of imidazole rings is 1. The molecule has 0 radical (unpaired) electrons. The summed E-state index contributed by atoms with van der Waals surface area (Å²) in [6.07, 6.45) is 3.81. The Morgan fingerprint density at radius 3 is 2.73 bits per heavy atom. The fraction of sp³-hybridized carbons (Fsp3) is 0.182. The van der Waals surface area contributed by atoms with E-state index in [1.165, 1.54) is 0 Å². The molecule has 0 spiro atoms. The van der Waals surface area contributed by atoms with Gasteiger partial charge in [-0.3, -0.25) is 13.8 Å². The first-order valence-corrected chi connectivity index (χ1v) is 9.76. The standard InChI is InChI=1S/C22H17N5O3/c1-26-21-18(19-24-20(30-25-19)13-10-11-13)23-12-27(21)15-8-5-9-16(17(15)22(26)28)29-14-6-3-2-4-7-14/h2-9,12-13H,10-11H2,1H3. The lowest BCUT2D eigenvalue weighted by molar-refractivity contribution is 0.380. The Labute approximate surface area is 170 Å². The summed E-state index contributed by atoms with van der Waals surface area (Å²) in [6, 6.07) is 14.9. The molecule has 3 heterocycles. The maximum atomic E-state index is 13.3. The normalized spacial score (nSPS) is 13.9. The summed E-state index contributed by atoms with van der Waals surface area (Å²) in [5.74, 6) is 2.54. The average molecular weight is 399 g/mol. The zero-order valence-electron chi connectivity index (χ0n) is 16.1. The van der Waals surface area contributed by atoms with Crippen LogP contribution in [-0.2, 0) is 7.05 Å². The first kappa shape index (κ1) is 17.0. The van der Waals surface area contributed by atoms with Crippen molar-refractivity contribution in [3.8, 4) is 23.0 Å². The van der Waals surface area contributed by atoms with Crippen LogP contribution >= 0.6 is 0 Å². The number of nitrogens with zero attached hydrogens (tertiary/aromatic N) is 5. The Hall–Kier alpha value is -3.94. The minimum absolute atomic E-state index is 0.184. The predicted molar refractivity (Wildman–Crippen MR) is 110 cm³/mol. The zero-order chi connectivity index (χ0) is 20.2. The fourth-order valence-corrected chi connectivity index (χ4v) is 3.72. The van der Waals surface area contributed by atoms with Crippen LogP contribution < -0.4 is 10.3 Å². The zero-order valence-corrected chi connectivity index (χ0v) is 16.1. The van der Waals surface area contributed by atoms with Gasteiger partial charge in [-0.15, -0.1) is 0 Å². The van der Waals surface area contributed by atoms with Crippen molar-refractivity contribution in [2.75, 3.05) is 0 Å². The summed E-state index contributed by atoms with van der Waals surface area (Å²) in [5.41, 5.74) is 1.64. The van der Waals surface area contributed by atoms with Crippen LogP contribution in [0.1, 0.15) is 24.7 Å². The molecule has 0 N–H and O–H groups in total. The molecule has 0 aliphatic heterocycles. The number of aromatic nitrogens is 5. The molecule has 0 amide bonds. The van der Waals surface area contributed by atoms with Crippen molar-refractivity contribution in [2.45, 2.75) is 18.8 Å². The van der Waals surface area contributed by atoms with Crippen molar-refractivity contribution in [1.29, 1.82) is 0 Å². The van der Waals surface area contributed by atoms with E-state index < -0.39 is 0 Å². The van der Waals surface area contributed by atoms with Crippen molar-refractivity contribution >= 4 is 16.6 Å². The molecule has 148 valence electrons. The highest BCUT2D eigenvalue weighted by molar-refractivity contribution is 5.89. The summed E-state index contributed by atoms with van der Waals surface area (Å²) in [5, 5.41) is 4.57. The highest BCUT2D eigenvalue weighted by Gasteiger charge is 2.30. The lowest BCUT2D eigenvalue weighted by atomic mass is 10.2. The van der Waals surface area contributed by atoms with Gasteiger partial charge in [0.25, 0.3) is 5.56 Å². The van der Waals surface area contributed by atoms with Crippen LogP contribution in [0.25, 0.3) is 28.1 Å². The molecule has 8 heteroatoms. The van der Waals surface area contributed by atoms with Gasteiger partial charge in [0.1, 0.15) is 23.2 Å². The molecule has 8 nitrogen and oxygen atoms in total. The number of hydrogen-bond donors (Lipinski definition) is 0. The maximum Gasteiger partial charge on any atom is 0.265 e. The van der Waals surface area contributed by atoms with Gasteiger partial charge in [0, 0.05) is 13.0 Å². The Bertz CT molecular complexity index is 1460. The van der Waals surface area contributed by atoms with Crippen LogP contribution in [0.2, 0.25) is 0 Å². The topological polar surface area (TPSA) is 87.5 Å². The number of fused-ring (bicyclic) bond motifs is 3. The van der Waals surface area contributed by atoms with E-state index in [4.69, 9.17) is 9.26 Å². The van der Waals surface area contributed by atoms with E-state index in [-0.39, 0.29) is 5.56 Å². The summed E-state index contributed by atoms with van der Waals surface area (Å²) in [6.45, 7) is 0. The Morgan fingerprint density at radius 1 is 1.10 bits per heavy atom. The van der Waals surface area contributed by atoms with E-state index >= 15 is 0 Å². The van der Waals surface area contributed by atoms with E-state index in [9.17, 15) is 4.79 Å². The van der Waals surface area contributed by atoms with Gasteiger partial charge in [-0.25, -0.2) is 4.98 Å². The van der Waals surface area contributed by atoms with Gasteiger partial charge in [0.2, 0.25) is 11.7 Å². The lowest BCUT2D eigenvalue weighted by Gasteiger charge is -2.12. The van der Waals surface area contributed by atoms with Crippen LogP contribution in [0.15, 0.2) is 64.2 Å². The molecule has 0 unspecified atom stereocenters. The summed E-state index contributed by atoms with van der Waals surface area (Å²) in [4.78, 5) is 22.3. The van der Waals surface area contributed by atoms with Crippen molar-refractivity contribution in [3.63, 3.8) is 0 Å². The molecule has 1 saturated carbocycles. The van der Waals surface area contributed by atoms with E-state index in [0.717, 1.165) is 12.8 Å². The summed E-state index contributed by atoms with van der Waals surface area (Å²) >= 11 is 0.